The summed E-state index contributed by atoms with van der Waals surface area (Å²) in [4.78, 5) is 1.67. The van der Waals surface area contributed by atoms with Crippen molar-refractivity contribution in [1.29, 1.82) is 0 Å². The maximum Gasteiger partial charge on any atom is 0.0870 e. The Morgan fingerprint density at radius 3 is 1.24 bits per heavy atom. The Hall–Kier alpha value is 0.440. The van der Waals surface area contributed by atoms with Gasteiger partial charge in [0.05, 0.1) is 20.1 Å². The van der Waals surface area contributed by atoms with Crippen molar-refractivity contribution in [3.63, 3.8) is 0 Å². The van der Waals surface area contributed by atoms with Gasteiger partial charge in [-0.3, -0.25) is 0 Å². The van der Waals surface area contributed by atoms with Crippen molar-refractivity contribution in [2.45, 2.75) is 110 Å². The molecule has 1 N–H and O–H groups in total. The van der Waals surface area contributed by atoms with Crippen LogP contribution in [-0.4, -0.2) is 20.1 Å². The van der Waals surface area contributed by atoms with Crippen LogP contribution in [0.2, 0.25) is 0 Å². The van der Waals surface area contributed by atoms with Crippen LogP contribution >= 0.6 is 0 Å². The van der Waals surface area contributed by atoms with Gasteiger partial charge >= 0.3 is 0 Å². The molecule has 21 heavy (non-hydrogen) atoms. The third kappa shape index (κ3) is 16.6. The summed E-state index contributed by atoms with van der Waals surface area (Å²) < 4.78 is 0. The smallest absolute Gasteiger partial charge is 0.0870 e. The van der Waals surface area contributed by atoms with E-state index in [4.69, 9.17) is 0 Å². The highest BCUT2D eigenvalue weighted by Crippen LogP contribution is 2.12. The summed E-state index contributed by atoms with van der Waals surface area (Å²) in [6.07, 6.45) is 20.1. The standard InChI is InChI=1S/C19H41N.BrH/c1-5-7-9-11-13-15-17-19(20(3)4)18-16-14-12-10-8-6-2;/h19H,5-18H2,1-4H3;1H. The second kappa shape index (κ2) is 18.5. The van der Waals surface area contributed by atoms with Crippen molar-refractivity contribution >= 4 is 0 Å². The molecule has 0 aromatic rings. The minimum Gasteiger partial charge on any atom is -1.00 e. The second-order valence-electron chi connectivity index (χ2n) is 6.89. The van der Waals surface area contributed by atoms with Crippen molar-refractivity contribution in [2.75, 3.05) is 14.1 Å². The van der Waals surface area contributed by atoms with Gasteiger partial charge in [0, 0.05) is 0 Å². The highest BCUT2D eigenvalue weighted by Gasteiger charge is 2.13. The van der Waals surface area contributed by atoms with Gasteiger partial charge in [0.15, 0.2) is 0 Å². The molecule has 0 rings (SSSR count). The molecule has 1 nitrogen and oxygen atoms in total. The molecule has 0 radical (unpaired) electrons. The molecule has 0 bridgehead atoms. The second-order valence-corrected chi connectivity index (χ2v) is 6.89. The third-order valence-corrected chi connectivity index (χ3v) is 4.63. The van der Waals surface area contributed by atoms with Gasteiger partial charge in [-0.15, -0.1) is 0 Å². The minimum absolute atomic E-state index is 0. The normalized spacial score (nSPS) is 11.1. The SMILES string of the molecule is CCCCCCCCC(CCCCCCCC)[NH+](C)C.[Br-]. The Morgan fingerprint density at radius 2 is 0.905 bits per heavy atom. The molecule has 0 saturated carbocycles. The van der Waals surface area contributed by atoms with Crippen LogP contribution < -0.4 is 21.9 Å². The van der Waals surface area contributed by atoms with Gasteiger partial charge < -0.3 is 21.9 Å². The number of halogens is 1. The molecule has 0 heterocycles. The first-order chi connectivity index (χ1) is 9.72. The molecule has 0 aromatic heterocycles. The molecule has 0 saturated heterocycles. The monoisotopic (exact) mass is 363 g/mol. The molecule has 2 heteroatoms. The average Bonchev–Trinajstić information content (AvgIpc) is 2.43. The molecule has 0 aliphatic rings. The van der Waals surface area contributed by atoms with E-state index in [1.165, 1.54) is 89.9 Å². The van der Waals surface area contributed by atoms with Crippen molar-refractivity contribution in [2.24, 2.45) is 0 Å². The van der Waals surface area contributed by atoms with Crippen molar-refractivity contribution in [3.05, 3.63) is 0 Å². The lowest BCUT2D eigenvalue weighted by Gasteiger charge is -2.21. The summed E-state index contributed by atoms with van der Waals surface area (Å²) in [6.45, 7) is 4.60. The van der Waals surface area contributed by atoms with E-state index in [0.717, 1.165) is 6.04 Å². The van der Waals surface area contributed by atoms with Gasteiger partial charge in [0.2, 0.25) is 0 Å². The Kier molecular flexibility index (Phi) is 20.9. The summed E-state index contributed by atoms with van der Waals surface area (Å²) in [5.74, 6) is 0. The molecular formula is C19H42BrN. The first-order valence-corrected chi connectivity index (χ1v) is 9.52. The number of rotatable bonds is 15. The van der Waals surface area contributed by atoms with Crippen molar-refractivity contribution in [3.8, 4) is 0 Å². The van der Waals surface area contributed by atoms with Crippen LogP contribution in [0.3, 0.4) is 0 Å². The van der Waals surface area contributed by atoms with Crippen molar-refractivity contribution < 1.29 is 21.9 Å². The zero-order valence-corrected chi connectivity index (χ0v) is 16.9. The van der Waals surface area contributed by atoms with E-state index in [1.807, 2.05) is 0 Å². The Balaban J connectivity index is 0. The van der Waals surface area contributed by atoms with E-state index in [2.05, 4.69) is 27.9 Å². The lowest BCUT2D eigenvalue weighted by Crippen LogP contribution is -3.10. The molecule has 0 aromatic carbocycles. The maximum atomic E-state index is 2.35. The van der Waals surface area contributed by atoms with Crippen LogP contribution in [0.25, 0.3) is 0 Å². The quantitative estimate of drug-likeness (QED) is 0.424. The first kappa shape index (κ1) is 23.7. The van der Waals surface area contributed by atoms with E-state index in [-0.39, 0.29) is 17.0 Å². The fraction of sp³-hybridized carbons (Fsp3) is 1.00. The summed E-state index contributed by atoms with van der Waals surface area (Å²) >= 11 is 0. The van der Waals surface area contributed by atoms with Crippen LogP contribution in [0.5, 0.6) is 0 Å². The largest absolute Gasteiger partial charge is 1.00 e. The topological polar surface area (TPSA) is 4.44 Å². The summed E-state index contributed by atoms with van der Waals surface area (Å²) in [5, 5.41) is 0. The Bertz CT molecular complexity index is 166. The van der Waals surface area contributed by atoms with E-state index in [1.54, 1.807) is 4.90 Å². The van der Waals surface area contributed by atoms with E-state index in [0.29, 0.717) is 0 Å². The van der Waals surface area contributed by atoms with Gasteiger partial charge in [0.25, 0.3) is 0 Å². The molecule has 0 spiro atoms. The van der Waals surface area contributed by atoms with Crippen LogP contribution in [0, 0.1) is 0 Å². The van der Waals surface area contributed by atoms with E-state index in [9.17, 15) is 0 Å². The molecule has 0 fully saturated rings. The van der Waals surface area contributed by atoms with E-state index >= 15 is 0 Å². The highest BCUT2D eigenvalue weighted by molar-refractivity contribution is 4.58. The number of unbranched alkanes of at least 4 members (excludes halogenated alkanes) is 10. The minimum atomic E-state index is 0. The maximum absolute atomic E-state index is 2.35. The van der Waals surface area contributed by atoms with Crippen LogP contribution in [0.4, 0.5) is 0 Å². The third-order valence-electron chi connectivity index (χ3n) is 4.63. The van der Waals surface area contributed by atoms with Gasteiger partial charge in [0.1, 0.15) is 0 Å². The molecule has 0 aliphatic carbocycles. The number of hydrogen-bond donors (Lipinski definition) is 1. The lowest BCUT2D eigenvalue weighted by molar-refractivity contribution is -0.886. The molecular weight excluding hydrogens is 322 g/mol. The molecule has 0 aliphatic heterocycles. The highest BCUT2D eigenvalue weighted by atomic mass is 79.9. The number of hydrogen-bond acceptors (Lipinski definition) is 0. The summed E-state index contributed by atoms with van der Waals surface area (Å²) in [5.41, 5.74) is 0. The van der Waals surface area contributed by atoms with Crippen molar-refractivity contribution in [1.82, 2.24) is 0 Å². The van der Waals surface area contributed by atoms with Crippen LogP contribution in [-0.2, 0) is 0 Å². The van der Waals surface area contributed by atoms with Crippen LogP contribution in [0.1, 0.15) is 104 Å². The average molecular weight is 364 g/mol. The van der Waals surface area contributed by atoms with Gasteiger partial charge in [-0.1, -0.05) is 78.1 Å². The molecule has 0 amide bonds. The predicted octanol–water partition coefficient (Wildman–Crippen LogP) is 2.00. The summed E-state index contributed by atoms with van der Waals surface area (Å²) in [7, 11) is 4.69. The van der Waals surface area contributed by atoms with Gasteiger partial charge in [-0.05, 0) is 25.7 Å². The Labute approximate surface area is 146 Å². The fourth-order valence-corrected chi connectivity index (χ4v) is 3.06. The molecule has 0 atom stereocenters. The number of nitrogens with one attached hydrogen (secondary N) is 1. The molecule has 130 valence electrons. The lowest BCUT2D eigenvalue weighted by atomic mass is 9.99. The van der Waals surface area contributed by atoms with Gasteiger partial charge in [-0.2, -0.15) is 0 Å². The Morgan fingerprint density at radius 1 is 0.571 bits per heavy atom. The predicted molar refractivity (Wildman–Crippen MR) is 92.6 cm³/mol. The number of quaternary nitrogens is 1. The van der Waals surface area contributed by atoms with Crippen LogP contribution in [0.15, 0.2) is 0 Å². The molecule has 0 unspecified atom stereocenters. The fourth-order valence-electron chi connectivity index (χ4n) is 3.06. The zero-order chi connectivity index (χ0) is 15.1. The van der Waals surface area contributed by atoms with Gasteiger partial charge in [-0.25, -0.2) is 0 Å². The van der Waals surface area contributed by atoms with E-state index < -0.39 is 0 Å². The zero-order valence-electron chi connectivity index (χ0n) is 15.4. The summed E-state index contributed by atoms with van der Waals surface area (Å²) in [6, 6.07) is 0.910. The first-order valence-electron chi connectivity index (χ1n) is 9.52.